The number of halogens is 3. The molecule has 0 bridgehead atoms. The van der Waals surface area contributed by atoms with Gasteiger partial charge in [-0.15, -0.1) is 0 Å². The first-order valence-electron chi connectivity index (χ1n) is 13.5. The quantitative estimate of drug-likeness (QED) is 0.350. The molecule has 0 aliphatic carbocycles. The van der Waals surface area contributed by atoms with Crippen LogP contribution in [0.25, 0.3) is 11.1 Å². The van der Waals surface area contributed by atoms with Crippen LogP contribution >= 0.6 is 0 Å². The number of aliphatic hydroxyl groups is 1. The number of carbonyl (C=O) groups is 1. The van der Waals surface area contributed by atoms with Gasteiger partial charge in [0.25, 0.3) is 0 Å². The molecule has 1 aliphatic rings. The Morgan fingerprint density at radius 2 is 1.52 bits per heavy atom. The van der Waals surface area contributed by atoms with Crippen LogP contribution in [0.1, 0.15) is 43.9 Å². The third kappa shape index (κ3) is 7.47. The lowest BCUT2D eigenvalue weighted by atomic mass is 9.93. The second-order valence-electron chi connectivity index (χ2n) is 10.8. The lowest BCUT2D eigenvalue weighted by Gasteiger charge is -2.41. The Kier molecular flexibility index (Phi) is 9.28. The van der Waals surface area contributed by atoms with E-state index in [1.54, 1.807) is 24.5 Å². The monoisotopic (exact) mass is 555 g/mol. The maximum absolute atomic E-state index is 13.2. The summed E-state index contributed by atoms with van der Waals surface area (Å²) in [5, 5.41) is 9.91. The molecule has 1 unspecified atom stereocenters. The molecule has 0 radical (unpaired) electrons. The van der Waals surface area contributed by atoms with Crippen molar-refractivity contribution in [1.82, 2.24) is 14.8 Å². The van der Waals surface area contributed by atoms with Gasteiger partial charge in [0.15, 0.2) is 5.60 Å². The van der Waals surface area contributed by atoms with Gasteiger partial charge in [-0.2, -0.15) is 13.2 Å². The van der Waals surface area contributed by atoms with Crippen molar-refractivity contribution in [3.05, 3.63) is 89.7 Å². The molecule has 0 spiro atoms. The van der Waals surface area contributed by atoms with Crippen molar-refractivity contribution >= 4 is 5.97 Å². The van der Waals surface area contributed by atoms with Crippen LogP contribution in [0, 0.1) is 0 Å². The summed E-state index contributed by atoms with van der Waals surface area (Å²) in [5.41, 5.74) is 0.791. The number of nitrogens with zero attached hydrogens (tertiary/aromatic N) is 3. The van der Waals surface area contributed by atoms with Crippen molar-refractivity contribution in [2.45, 2.75) is 64.2 Å². The highest BCUT2D eigenvalue weighted by atomic mass is 19.4. The second kappa shape index (κ2) is 12.5. The molecule has 40 heavy (non-hydrogen) atoms. The zero-order valence-corrected chi connectivity index (χ0v) is 23.1. The molecule has 214 valence electrons. The predicted molar refractivity (Wildman–Crippen MR) is 147 cm³/mol. The van der Waals surface area contributed by atoms with Crippen LogP contribution in [0.2, 0.25) is 0 Å². The van der Waals surface area contributed by atoms with E-state index in [-0.39, 0.29) is 23.7 Å². The molecule has 6 nitrogen and oxygen atoms in total. The number of rotatable bonds is 9. The summed E-state index contributed by atoms with van der Waals surface area (Å²) in [4.78, 5) is 21.3. The smallest absolute Gasteiger partial charge is 0.421 e. The van der Waals surface area contributed by atoms with E-state index in [4.69, 9.17) is 4.74 Å². The summed E-state index contributed by atoms with van der Waals surface area (Å²) in [6, 6.07) is 17.7. The van der Waals surface area contributed by atoms with Gasteiger partial charge in [-0.25, -0.2) is 0 Å². The van der Waals surface area contributed by atoms with Gasteiger partial charge in [-0.05, 0) is 60.7 Å². The zero-order valence-electron chi connectivity index (χ0n) is 23.1. The minimum absolute atomic E-state index is 0.0138. The molecular weight excluding hydrogens is 519 g/mol. The number of ether oxygens (including phenoxy) is 1. The minimum Gasteiger partial charge on any atom is -0.463 e. The lowest BCUT2D eigenvalue weighted by molar-refractivity contribution is -0.258. The molecule has 2 atom stereocenters. The standard InChI is InChI=1S/C31H36F3N3O3/c1-22(2)40-29(38)18-28-21-36(16-17-37(28)20-24-12-14-35-15-13-24)19-23-4-6-25(7-5-23)26-8-10-27(11-9-26)30(3,39)31(32,33)34/h4-15,22,28,39H,16-21H2,1-3H3/t28-,30?/m1/s1. The van der Waals surface area contributed by atoms with Crippen LogP contribution in [0.5, 0.6) is 0 Å². The van der Waals surface area contributed by atoms with Crippen molar-refractivity contribution in [3.63, 3.8) is 0 Å². The second-order valence-corrected chi connectivity index (χ2v) is 10.8. The third-order valence-electron chi connectivity index (χ3n) is 7.29. The Labute approximate surface area is 233 Å². The fraction of sp³-hybridized carbons (Fsp3) is 0.419. The van der Waals surface area contributed by atoms with Crippen molar-refractivity contribution < 1.29 is 27.8 Å². The number of aromatic nitrogens is 1. The van der Waals surface area contributed by atoms with Gasteiger partial charge >= 0.3 is 12.1 Å². The van der Waals surface area contributed by atoms with E-state index < -0.39 is 11.8 Å². The van der Waals surface area contributed by atoms with Crippen LogP contribution in [0.4, 0.5) is 13.2 Å². The molecule has 0 saturated carbocycles. The van der Waals surface area contributed by atoms with Gasteiger partial charge in [0, 0.05) is 51.2 Å². The van der Waals surface area contributed by atoms with E-state index in [9.17, 15) is 23.1 Å². The average Bonchev–Trinajstić information content (AvgIpc) is 2.90. The van der Waals surface area contributed by atoms with E-state index >= 15 is 0 Å². The summed E-state index contributed by atoms with van der Waals surface area (Å²) in [6.07, 6.45) is -1.05. The molecule has 0 amide bonds. The number of hydrogen-bond acceptors (Lipinski definition) is 6. The molecule has 1 aliphatic heterocycles. The molecule has 9 heteroatoms. The maximum Gasteiger partial charge on any atom is 0.421 e. The van der Waals surface area contributed by atoms with Crippen LogP contribution in [-0.2, 0) is 28.2 Å². The Morgan fingerprint density at radius 3 is 2.10 bits per heavy atom. The van der Waals surface area contributed by atoms with Gasteiger partial charge in [-0.3, -0.25) is 19.6 Å². The highest BCUT2D eigenvalue weighted by Crippen LogP contribution is 2.39. The molecule has 1 saturated heterocycles. The maximum atomic E-state index is 13.2. The average molecular weight is 556 g/mol. The Bertz CT molecular complexity index is 1250. The highest BCUT2D eigenvalue weighted by molar-refractivity contribution is 5.70. The molecule has 2 heterocycles. The molecular formula is C31H36F3N3O3. The van der Waals surface area contributed by atoms with Crippen LogP contribution < -0.4 is 0 Å². The Hall–Kier alpha value is -3.27. The van der Waals surface area contributed by atoms with Crippen molar-refractivity contribution in [2.24, 2.45) is 0 Å². The van der Waals surface area contributed by atoms with E-state index in [0.29, 0.717) is 13.0 Å². The van der Waals surface area contributed by atoms with Gasteiger partial charge < -0.3 is 9.84 Å². The van der Waals surface area contributed by atoms with E-state index in [1.807, 2.05) is 50.2 Å². The Balaban J connectivity index is 1.41. The minimum atomic E-state index is -4.76. The Morgan fingerprint density at radius 1 is 0.950 bits per heavy atom. The summed E-state index contributed by atoms with van der Waals surface area (Å²) >= 11 is 0. The molecule has 1 fully saturated rings. The number of esters is 1. The van der Waals surface area contributed by atoms with E-state index in [0.717, 1.165) is 55.4 Å². The first-order valence-corrected chi connectivity index (χ1v) is 13.5. The van der Waals surface area contributed by atoms with Crippen molar-refractivity contribution in [1.29, 1.82) is 0 Å². The van der Waals surface area contributed by atoms with Crippen LogP contribution in [0.3, 0.4) is 0 Å². The number of piperazine rings is 1. The first kappa shape index (κ1) is 29.7. The molecule has 4 rings (SSSR count). The van der Waals surface area contributed by atoms with Crippen molar-refractivity contribution in [3.8, 4) is 11.1 Å². The third-order valence-corrected chi connectivity index (χ3v) is 7.29. The van der Waals surface area contributed by atoms with E-state index in [1.165, 1.54) is 12.1 Å². The number of carbonyl (C=O) groups excluding carboxylic acids is 1. The topological polar surface area (TPSA) is 65.9 Å². The summed E-state index contributed by atoms with van der Waals surface area (Å²) < 4.78 is 44.9. The first-order chi connectivity index (χ1) is 18.9. The number of hydrogen-bond donors (Lipinski definition) is 1. The largest absolute Gasteiger partial charge is 0.463 e. The summed E-state index contributed by atoms with van der Waals surface area (Å²) in [7, 11) is 0. The van der Waals surface area contributed by atoms with Gasteiger partial charge in [0.1, 0.15) is 0 Å². The number of pyridine rings is 1. The van der Waals surface area contributed by atoms with Gasteiger partial charge in [0.05, 0.1) is 12.5 Å². The molecule has 2 aromatic carbocycles. The normalized spacial score (nSPS) is 18.4. The fourth-order valence-electron chi connectivity index (χ4n) is 4.94. The van der Waals surface area contributed by atoms with Gasteiger partial charge in [0.2, 0.25) is 0 Å². The van der Waals surface area contributed by atoms with Crippen LogP contribution in [-0.4, -0.2) is 63.8 Å². The lowest BCUT2D eigenvalue weighted by Crippen LogP contribution is -2.53. The van der Waals surface area contributed by atoms with Crippen molar-refractivity contribution in [2.75, 3.05) is 19.6 Å². The molecule has 1 aromatic heterocycles. The molecule has 1 N–H and O–H groups in total. The van der Waals surface area contributed by atoms with Crippen LogP contribution in [0.15, 0.2) is 73.1 Å². The summed E-state index contributed by atoms with van der Waals surface area (Å²) in [5.74, 6) is -0.200. The SMILES string of the molecule is CC(C)OC(=O)C[C@@H]1CN(Cc2ccc(-c3ccc(C(C)(O)C(F)(F)F)cc3)cc2)CCN1Cc1ccncc1. The fourth-order valence-corrected chi connectivity index (χ4v) is 4.94. The number of alkyl halides is 3. The summed E-state index contributed by atoms with van der Waals surface area (Å²) in [6.45, 7) is 8.30. The number of benzene rings is 2. The van der Waals surface area contributed by atoms with Gasteiger partial charge in [-0.1, -0.05) is 48.5 Å². The van der Waals surface area contributed by atoms with E-state index in [2.05, 4.69) is 14.8 Å². The predicted octanol–water partition coefficient (Wildman–Crippen LogP) is 5.55. The zero-order chi connectivity index (χ0) is 28.9. The molecule has 3 aromatic rings. The highest BCUT2D eigenvalue weighted by Gasteiger charge is 2.51.